The van der Waals surface area contributed by atoms with Crippen LogP contribution in [0.2, 0.25) is 0 Å². The Kier molecular flexibility index (Phi) is 7.16. The second-order valence-electron chi connectivity index (χ2n) is 6.33. The quantitative estimate of drug-likeness (QED) is 0.807. The van der Waals surface area contributed by atoms with Crippen molar-refractivity contribution in [3.8, 4) is 11.5 Å². The highest BCUT2D eigenvalue weighted by Crippen LogP contribution is 2.30. The molecule has 0 radical (unpaired) electrons. The van der Waals surface area contributed by atoms with Crippen molar-refractivity contribution in [3.63, 3.8) is 0 Å². The molecule has 0 aliphatic rings. The van der Waals surface area contributed by atoms with Crippen LogP contribution in [0.4, 0.5) is 4.79 Å². The molecular formula is C17H28N2O4. The molecule has 0 aromatic heterocycles. The zero-order chi connectivity index (χ0) is 17.5. The van der Waals surface area contributed by atoms with Crippen LogP contribution in [-0.2, 0) is 11.3 Å². The molecule has 1 unspecified atom stereocenters. The van der Waals surface area contributed by atoms with Gasteiger partial charge in [-0.25, -0.2) is 4.79 Å². The maximum atomic E-state index is 11.7. The summed E-state index contributed by atoms with van der Waals surface area (Å²) in [6, 6.07) is 5.69. The van der Waals surface area contributed by atoms with Gasteiger partial charge in [0.25, 0.3) is 0 Å². The van der Waals surface area contributed by atoms with Crippen LogP contribution in [0, 0.1) is 0 Å². The highest BCUT2D eigenvalue weighted by atomic mass is 16.6. The van der Waals surface area contributed by atoms with Gasteiger partial charge in [0.1, 0.15) is 5.60 Å². The summed E-state index contributed by atoms with van der Waals surface area (Å²) < 4.78 is 15.9. The van der Waals surface area contributed by atoms with Gasteiger partial charge in [0, 0.05) is 24.7 Å². The molecule has 0 aliphatic heterocycles. The Morgan fingerprint density at radius 3 is 2.48 bits per heavy atom. The molecule has 0 heterocycles. The normalized spacial score (nSPS) is 12.4. The fourth-order valence-corrected chi connectivity index (χ4v) is 2.08. The summed E-state index contributed by atoms with van der Waals surface area (Å²) >= 11 is 0. The SMILES string of the molecule is COc1cccc(CNCC(C)NC(=O)OC(C)(C)C)c1OC. The van der Waals surface area contributed by atoms with Crippen LogP contribution in [0.1, 0.15) is 33.3 Å². The van der Waals surface area contributed by atoms with E-state index in [-0.39, 0.29) is 6.04 Å². The van der Waals surface area contributed by atoms with E-state index in [9.17, 15) is 4.79 Å². The number of hydrogen-bond acceptors (Lipinski definition) is 5. The highest BCUT2D eigenvalue weighted by molar-refractivity contribution is 5.68. The minimum Gasteiger partial charge on any atom is -0.493 e. The van der Waals surface area contributed by atoms with E-state index in [0.29, 0.717) is 18.8 Å². The van der Waals surface area contributed by atoms with E-state index in [1.807, 2.05) is 45.9 Å². The lowest BCUT2D eigenvalue weighted by Crippen LogP contribution is -2.42. The molecule has 1 rings (SSSR count). The second-order valence-corrected chi connectivity index (χ2v) is 6.33. The van der Waals surface area contributed by atoms with Gasteiger partial charge in [0.05, 0.1) is 14.2 Å². The first kappa shape index (κ1) is 19.1. The summed E-state index contributed by atoms with van der Waals surface area (Å²) in [5.41, 5.74) is 0.502. The van der Waals surface area contributed by atoms with Crippen LogP contribution in [0.3, 0.4) is 0 Å². The van der Waals surface area contributed by atoms with E-state index in [4.69, 9.17) is 14.2 Å². The number of rotatable bonds is 7. The molecule has 1 aromatic carbocycles. The number of hydrogen-bond donors (Lipinski definition) is 2. The van der Waals surface area contributed by atoms with Gasteiger partial charge in [-0.05, 0) is 33.8 Å². The van der Waals surface area contributed by atoms with Crippen molar-refractivity contribution in [1.29, 1.82) is 0 Å². The minimum atomic E-state index is -0.495. The molecule has 2 N–H and O–H groups in total. The van der Waals surface area contributed by atoms with Gasteiger partial charge in [-0.2, -0.15) is 0 Å². The molecule has 0 bridgehead atoms. The summed E-state index contributed by atoms with van der Waals surface area (Å²) in [7, 11) is 3.23. The lowest BCUT2D eigenvalue weighted by Gasteiger charge is -2.22. The van der Waals surface area contributed by atoms with Crippen LogP contribution in [0.5, 0.6) is 11.5 Å². The first-order chi connectivity index (χ1) is 10.8. The molecule has 23 heavy (non-hydrogen) atoms. The number of carbonyl (C=O) groups excluding carboxylic acids is 1. The van der Waals surface area contributed by atoms with E-state index < -0.39 is 11.7 Å². The molecule has 0 saturated heterocycles. The van der Waals surface area contributed by atoms with Crippen LogP contribution < -0.4 is 20.1 Å². The number of methoxy groups -OCH3 is 2. The number of nitrogens with one attached hydrogen (secondary N) is 2. The van der Waals surface area contributed by atoms with E-state index in [0.717, 1.165) is 11.3 Å². The summed E-state index contributed by atoms with van der Waals surface area (Å²) in [4.78, 5) is 11.7. The third kappa shape index (κ3) is 6.78. The number of para-hydroxylation sites is 1. The van der Waals surface area contributed by atoms with Gasteiger partial charge < -0.3 is 24.8 Å². The fraction of sp³-hybridized carbons (Fsp3) is 0.588. The van der Waals surface area contributed by atoms with Gasteiger partial charge in [0.2, 0.25) is 0 Å². The number of benzene rings is 1. The third-order valence-electron chi connectivity index (χ3n) is 3.01. The predicted molar refractivity (Wildman–Crippen MR) is 90.1 cm³/mol. The first-order valence-corrected chi connectivity index (χ1v) is 7.67. The number of amides is 1. The topological polar surface area (TPSA) is 68.8 Å². The summed E-state index contributed by atoms with van der Waals surface area (Å²) in [6.07, 6.45) is -0.411. The molecule has 0 saturated carbocycles. The zero-order valence-corrected chi connectivity index (χ0v) is 14.9. The average Bonchev–Trinajstić information content (AvgIpc) is 2.44. The molecule has 0 fully saturated rings. The lowest BCUT2D eigenvalue weighted by atomic mass is 10.2. The Hall–Kier alpha value is -1.95. The number of carbonyl (C=O) groups is 1. The van der Waals surface area contributed by atoms with Crippen LogP contribution in [0.25, 0.3) is 0 Å². The van der Waals surface area contributed by atoms with Crippen molar-refractivity contribution >= 4 is 6.09 Å². The van der Waals surface area contributed by atoms with Crippen molar-refractivity contribution in [2.75, 3.05) is 20.8 Å². The Balaban J connectivity index is 2.46. The van der Waals surface area contributed by atoms with Crippen molar-refractivity contribution in [1.82, 2.24) is 10.6 Å². The third-order valence-corrected chi connectivity index (χ3v) is 3.01. The Morgan fingerprint density at radius 1 is 1.22 bits per heavy atom. The smallest absolute Gasteiger partial charge is 0.407 e. The Bertz CT molecular complexity index is 512. The molecule has 1 amide bonds. The van der Waals surface area contributed by atoms with Crippen molar-refractivity contribution in [2.24, 2.45) is 0 Å². The van der Waals surface area contributed by atoms with E-state index in [2.05, 4.69) is 10.6 Å². The highest BCUT2D eigenvalue weighted by Gasteiger charge is 2.17. The summed E-state index contributed by atoms with van der Waals surface area (Å²) in [5, 5.41) is 6.08. The van der Waals surface area contributed by atoms with Crippen molar-refractivity contribution in [2.45, 2.75) is 45.9 Å². The standard InChI is InChI=1S/C17H28N2O4/c1-12(19-16(20)23-17(2,3)4)10-18-11-13-8-7-9-14(21-5)15(13)22-6/h7-9,12,18H,10-11H2,1-6H3,(H,19,20). The predicted octanol–water partition coefficient (Wildman–Crippen LogP) is 2.71. The van der Waals surface area contributed by atoms with Crippen LogP contribution in [0.15, 0.2) is 18.2 Å². The lowest BCUT2D eigenvalue weighted by molar-refractivity contribution is 0.0508. The molecule has 130 valence electrons. The van der Waals surface area contributed by atoms with Gasteiger partial charge in [-0.1, -0.05) is 12.1 Å². The van der Waals surface area contributed by atoms with Crippen molar-refractivity contribution < 1.29 is 19.0 Å². The monoisotopic (exact) mass is 324 g/mol. The molecule has 0 spiro atoms. The van der Waals surface area contributed by atoms with Gasteiger partial charge in [0.15, 0.2) is 11.5 Å². The molecule has 6 heteroatoms. The van der Waals surface area contributed by atoms with Crippen LogP contribution >= 0.6 is 0 Å². The average molecular weight is 324 g/mol. The number of alkyl carbamates (subject to hydrolysis) is 1. The van der Waals surface area contributed by atoms with Crippen LogP contribution in [-0.4, -0.2) is 38.5 Å². The Labute approximate surface area is 138 Å². The molecule has 1 aromatic rings. The molecular weight excluding hydrogens is 296 g/mol. The first-order valence-electron chi connectivity index (χ1n) is 7.67. The molecule has 1 atom stereocenters. The largest absolute Gasteiger partial charge is 0.493 e. The summed E-state index contributed by atoms with van der Waals surface area (Å²) in [6.45, 7) is 8.65. The molecule has 0 aliphatic carbocycles. The fourth-order valence-electron chi connectivity index (χ4n) is 2.08. The number of ether oxygens (including phenoxy) is 3. The van der Waals surface area contributed by atoms with Gasteiger partial charge >= 0.3 is 6.09 Å². The van der Waals surface area contributed by atoms with E-state index in [1.54, 1.807) is 14.2 Å². The van der Waals surface area contributed by atoms with Gasteiger partial charge in [-0.15, -0.1) is 0 Å². The Morgan fingerprint density at radius 2 is 1.91 bits per heavy atom. The van der Waals surface area contributed by atoms with Crippen molar-refractivity contribution in [3.05, 3.63) is 23.8 Å². The maximum absolute atomic E-state index is 11.7. The zero-order valence-electron chi connectivity index (χ0n) is 14.9. The van der Waals surface area contributed by atoms with E-state index in [1.165, 1.54) is 0 Å². The second kappa shape index (κ2) is 8.62. The van der Waals surface area contributed by atoms with E-state index >= 15 is 0 Å². The minimum absolute atomic E-state index is 0.0542. The van der Waals surface area contributed by atoms with Gasteiger partial charge in [-0.3, -0.25) is 0 Å². The maximum Gasteiger partial charge on any atom is 0.407 e. The summed E-state index contributed by atoms with van der Waals surface area (Å²) in [5.74, 6) is 1.42. The molecule has 6 nitrogen and oxygen atoms in total.